The third kappa shape index (κ3) is 5.44. The smallest absolute Gasteiger partial charge is 0.235 e. The Morgan fingerprint density at radius 3 is 2.91 bits per heavy atom. The van der Waals surface area contributed by atoms with E-state index in [-0.39, 0.29) is 5.91 Å². The van der Waals surface area contributed by atoms with Crippen molar-refractivity contribution in [3.63, 3.8) is 0 Å². The molecule has 0 spiro atoms. The van der Waals surface area contributed by atoms with Gasteiger partial charge in [-0.25, -0.2) is 0 Å². The molecule has 0 aliphatic heterocycles. The van der Waals surface area contributed by atoms with Gasteiger partial charge in [0, 0.05) is 16.8 Å². The van der Waals surface area contributed by atoms with Gasteiger partial charge < -0.3 is 14.6 Å². The minimum Gasteiger partial charge on any atom is -0.491 e. The summed E-state index contributed by atoms with van der Waals surface area (Å²) < 4.78 is 10.4. The van der Waals surface area contributed by atoms with Crippen LogP contribution in [-0.4, -0.2) is 29.2 Å². The Kier molecular flexibility index (Phi) is 6.42. The standard InChI is InChI=1S/C14H14Cl2N2O3S/c1-9-6-13(18-21-9)17-14(19)8-22-5-4-20-12-3-2-10(15)7-11(12)16/h2-3,6-7H,4-5,8H2,1H3,(H,17,18,19). The van der Waals surface area contributed by atoms with Gasteiger partial charge in [0.05, 0.1) is 17.4 Å². The molecule has 0 atom stereocenters. The molecular formula is C14H14Cl2N2O3S. The fourth-order valence-corrected chi connectivity index (χ4v) is 2.64. The summed E-state index contributed by atoms with van der Waals surface area (Å²) in [6.07, 6.45) is 0. The van der Waals surface area contributed by atoms with Gasteiger partial charge in [-0.05, 0) is 25.1 Å². The highest BCUT2D eigenvalue weighted by molar-refractivity contribution is 7.99. The summed E-state index contributed by atoms with van der Waals surface area (Å²) in [5, 5.41) is 7.37. The summed E-state index contributed by atoms with van der Waals surface area (Å²) in [7, 11) is 0. The average molecular weight is 361 g/mol. The van der Waals surface area contributed by atoms with Gasteiger partial charge in [-0.3, -0.25) is 4.79 Å². The number of aromatic nitrogens is 1. The van der Waals surface area contributed by atoms with E-state index in [4.69, 9.17) is 32.5 Å². The van der Waals surface area contributed by atoms with Crippen LogP contribution in [0.25, 0.3) is 0 Å². The first-order valence-corrected chi connectivity index (χ1v) is 8.34. The quantitative estimate of drug-likeness (QED) is 0.754. The van der Waals surface area contributed by atoms with Crippen molar-refractivity contribution >= 4 is 46.7 Å². The Morgan fingerprint density at radius 2 is 2.23 bits per heavy atom. The van der Waals surface area contributed by atoms with Gasteiger partial charge in [0.15, 0.2) is 5.82 Å². The maximum atomic E-state index is 11.7. The molecule has 0 bridgehead atoms. The first kappa shape index (κ1) is 17.0. The van der Waals surface area contributed by atoms with Crippen LogP contribution in [0, 0.1) is 6.92 Å². The maximum absolute atomic E-state index is 11.7. The molecule has 22 heavy (non-hydrogen) atoms. The SMILES string of the molecule is Cc1cc(NC(=O)CSCCOc2ccc(Cl)cc2Cl)no1. The second-order valence-corrected chi connectivity index (χ2v) is 6.30. The number of aryl methyl sites for hydroxylation is 1. The van der Waals surface area contributed by atoms with Crippen molar-refractivity contribution in [3.05, 3.63) is 40.1 Å². The zero-order valence-corrected chi connectivity index (χ0v) is 14.1. The Bertz CT molecular complexity index is 649. The number of ether oxygens (including phenoxy) is 1. The van der Waals surface area contributed by atoms with Gasteiger partial charge in [0.1, 0.15) is 11.5 Å². The number of rotatable bonds is 7. The number of nitrogens with zero attached hydrogens (tertiary/aromatic N) is 1. The van der Waals surface area contributed by atoms with Crippen LogP contribution in [-0.2, 0) is 4.79 Å². The van der Waals surface area contributed by atoms with E-state index >= 15 is 0 Å². The van der Waals surface area contributed by atoms with E-state index in [1.54, 1.807) is 31.2 Å². The molecule has 0 aliphatic carbocycles. The molecule has 2 rings (SSSR count). The van der Waals surface area contributed by atoms with E-state index in [0.717, 1.165) is 0 Å². The molecule has 1 heterocycles. The van der Waals surface area contributed by atoms with Crippen molar-refractivity contribution in [2.75, 3.05) is 23.4 Å². The number of carbonyl (C=O) groups is 1. The van der Waals surface area contributed by atoms with Gasteiger partial charge in [-0.15, -0.1) is 11.8 Å². The number of halogens is 2. The van der Waals surface area contributed by atoms with E-state index in [0.29, 0.717) is 45.5 Å². The zero-order valence-electron chi connectivity index (χ0n) is 11.8. The normalized spacial score (nSPS) is 10.5. The van der Waals surface area contributed by atoms with Crippen LogP contribution in [0.15, 0.2) is 28.8 Å². The molecule has 1 amide bonds. The van der Waals surface area contributed by atoms with E-state index in [1.807, 2.05) is 0 Å². The molecule has 0 fully saturated rings. The molecule has 8 heteroatoms. The number of anilines is 1. The lowest BCUT2D eigenvalue weighted by Crippen LogP contribution is -2.15. The predicted molar refractivity (Wildman–Crippen MR) is 89.2 cm³/mol. The van der Waals surface area contributed by atoms with Crippen LogP contribution in [0.3, 0.4) is 0 Å². The fourth-order valence-electron chi connectivity index (χ4n) is 1.57. The second-order valence-electron chi connectivity index (χ2n) is 4.35. The molecule has 1 N–H and O–H groups in total. The molecule has 1 aromatic carbocycles. The van der Waals surface area contributed by atoms with Crippen molar-refractivity contribution < 1.29 is 14.1 Å². The van der Waals surface area contributed by atoms with E-state index in [1.165, 1.54) is 11.8 Å². The Hall–Kier alpha value is -1.37. The van der Waals surface area contributed by atoms with Crippen molar-refractivity contribution in [2.24, 2.45) is 0 Å². The molecule has 0 unspecified atom stereocenters. The van der Waals surface area contributed by atoms with Gasteiger partial charge in [-0.1, -0.05) is 28.4 Å². The number of carbonyl (C=O) groups excluding carboxylic acids is 1. The summed E-state index contributed by atoms with van der Waals surface area (Å²) in [6, 6.07) is 6.71. The summed E-state index contributed by atoms with van der Waals surface area (Å²) in [5.74, 6) is 2.48. The van der Waals surface area contributed by atoms with E-state index in [9.17, 15) is 4.79 Å². The number of hydrogen-bond donors (Lipinski definition) is 1. The van der Waals surface area contributed by atoms with Crippen molar-refractivity contribution in [1.29, 1.82) is 0 Å². The lowest BCUT2D eigenvalue weighted by molar-refractivity contribution is -0.113. The first-order valence-electron chi connectivity index (χ1n) is 6.43. The average Bonchev–Trinajstić information content (AvgIpc) is 2.86. The minimum absolute atomic E-state index is 0.136. The van der Waals surface area contributed by atoms with E-state index < -0.39 is 0 Å². The zero-order chi connectivity index (χ0) is 15.9. The molecular weight excluding hydrogens is 347 g/mol. The lowest BCUT2D eigenvalue weighted by atomic mass is 10.3. The summed E-state index contributed by atoms with van der Waals surface area (Å²) >= 11 is 13.2. The molecule has 1 aromatic heterocycles. The number of nitrogens with one attached hydrogen (secondary N) is 1. The minimum atomic E-state index is -0.136. The molecule has 0 aliphatic rings. The van der Waals surface area contributed by atoms with Crippen molar-refractivity contribution in [2.45, 2.75) is 6.92 Å². The van der Waals surface area contributed by atoms with Crippen LogP contribution < -0.4 is 10.1 Å². The highest BCUT2D eigenvalue weighted by Gasteiger charge is 2.06. The largest absolute Gasteiger partial charge is 0.491 e. The number of hydrogen-bond acceptors (Lipinski definition) is 5. The summed E-state index contributed by atoms with van der Waals surface area (Å²) in [6.45, 7) is 2.21. The third-order valence-electron chi connectivity index (χ3n) is 2.51. The predicted octanol–water partition coefficient (Wildman–Crippen LogP) is 4.04. The van der Waals surface area contributed by atoms with Gasteiger partial charge in [-0.2, -0.15) is 0 Å². The Labute approximate surface area is 142 Å². The van der Waals surface area contributed by atoms with Crippen LogP contribution >= 0.6 is 35.0 Å². The highest BCUT2D eigenvalue weighted by Crippen LogP contribution is 2.27. The summed E-state index contributed by atoms with van der Waals surface area (Å²) in [5.41, 5.74) is 0. The molecule has 2 aromatic rings. The molecule has 0 saturated heterocycles. The number of benzene rings is 1. The maximum Gasteiger partial charge on any atom is 0.235 e. The van der Waals surface area contributed by atoms with Gasteiger partial charge >= 0.3 is 0 Å². The fraction of sp³-hybridized carbons (Fsp3) is 0.286. The van der Waals surface area contributed by atoms with Crippen LogP contribution in [0.2, 0.25) is 10.0 Å². The van der Waals surface area contributed by atoms with Crippen LogP contribution in [0.5, 0.6) is 5.75 Å². The van der Waals surface area contributed by atoms with Crippen molar-refractivity contribution in [3.8, 4) is 5.75 Å². The van der Waals surface area contributed by atoms with Crippen LogP contribution in [0.4, 0.5) is 5.82 Å². The Balaban J connectivity index is 1.63. The van der Waals surface area contributed by atoms with Gasteiger partial charge in [0.25, 0.3) is 0 Å². The first-order chi connectivity index (χ1) is 10.5. The monoisotopic (exact) mass is 360 g/mol. The van der Waals surface area contributed by atoms with Gasteiger partial charge in [0.2, 0.25) is 5.91 Å². The highest BCUT2D eigenvalue weighted by atomic mass is 35.5. The molecule has 5 nitrogen and oxygen atoms in total. The molecule has 0 radical (unpaired) electrons. The van der Waals surface area contributed by atoms with Crippen molar-refractivity contribution in [1.82, 2.24) is 5.16 Å². The topological polar surface area (TPSA) is 64.4 Å². The number of amides is 1. The molecule has 0 saturated carbocycles. The Morgan fingerprint density at radius 1 is 1.41 bits per heavy atom. The van der Waals surface area contributed by atoms with Crippen LogP contribution in [0.1, 0.15) is 5.76 Å². The summed E-state index contributed by atoms with van der Waals surface area (Å²) in [4.78, 5) is 11.7. The van der Waals surface area contributed by atoms with E-state index in [2.05, 4.69) is 10.5 Å². The third-order valence-corrected chi connectivity index (χ3v) is 3.96. The lowest BCUT2D eigenvalue weighted by Gasteiger charge is -2.08. The second kappa shape index (κ2) is 8.31. The molecule has 118 valence electrons. The number of thioether (sulfide) groups is 1.